The summed E-state index contributed by atoms with van der Waals surface area (Å²) in [5.74, 6) is 0.469. The molecule has 32 heavy (non-hydrogen) atoms. The standard InChI is InChI=1S/C24H33N3O4S/c1-6-31-22-12-10-21(11-13-22)27(32(5,29)30)20(4)24(28)26-16-14-25(15-17-26)23-9-7-8-18(2)19(23)3/h7-13,20H,6,14-17H2,1-5H3/t20-/m1/s1. The Balaban J connectivity index is 1.73. The van der Waals surface area contributed by atoms with Gasteiger partial charge in [-0.2, -0.15) is 0 Å². The number of nitrogens with zero attached hydrogens (tertiary/aromatic N) is 3. The Kier molecular flexibility index (Phi) is 7.33. The second-order valence-electron chi connectivity index (χ2n) is 8.19. The number of aryl methyl sites for hydroxylation is 1. The highest BCUT2D eigenvalue weighted by atomic mass is 32.2. The number of sulfonamides is 1. The van der Waals surface area contributed by atoms with Crippen molar-refractivity contribution in [1.29, 1.82) is 0 Å². The summed E-state index contributed by atoms with van der Waals surface area (Å²) in [5, 5.41) is 0. The molecule has 174 valence electrons. The monoisotopic (exact) mass is 459 g/mol. The fourth-order valence-electron chi connectivity index (χ4n) is 4.17. The first kappa shape index (κ1) is 23.9. The van der Waals surface area contributed by atoms with Gasteiger partial charge in [0.15, 0.2) is 0 Å². The molecule has 0 unspecified atom stereocenters. The average molecular weight is 460 g/mol. The molecule has 1 amide bonds. The minimum Gasteiger partial charge on any atom is -0.494 e. The lowest BCUT2D eigenvalue weighted by atomic mass is 10.1. The van der Waals surface area contributed by atoms with E-state index in [1.807, 2.05) is 6.92 Å². The van der Waals surface area contributed by atoms with Gasteiger partial charge >= 0.3 is 0 Å². The highest BCUT2D eigenvalue weighted by Crippen LogP contribution is 2.26. The number of rotatable bonds is 7. The molecule has 1 aliphatic heterocycles. The van der Waals surface area contributed by atoms with E-state index < -0.39 is 16.1 Å². The summed E-state index contributed by atoms with van der Waals surface area (Å²) in [6.45, 7) is 10.8. The van der Waals surface area contributed by atoms with Gasteiger partial charge < -0.3 is 14.5 Å². The number of piperazine rings is 1. The van der Waals surface area contributed by atoms with Crippen molar-refractivity contribution in [3.8, 4) is 5.75 Å². The molecule has 1 atom stereocenters. The Morgan fingerprint density at radius 3 is 2.25 bits per heavy atom. The van der Waals surface area contributed by atoms with Gasteiger partial charge in [-0.15, -0.1) is 0 Å². The van der Waals surface area contributed by atoms with Crippen LogP contribution in [0.2, 0.25) is 0 Å². The molecule has 1 heterocycles. The molecule has 0 spiro atoms. The number of hydrogen-bond acceptors (Lipinski definition) is 5. The predicted molar refractivity (Wildman–Crippen MR) is 129 cm³/mol. The van der Waals surface area contributed by atoms with Gasteiger partial charge in [0.25, 0.3) is 0 Å². The lowest BCUT2D eigenvalue weighted by molar-refractivity contribution is -0.132. The van der Waals surface area contributed by atoms with Crippen LogP contribution >= 0.6 is 0 Å². The Labute approximate surface area is 191 Å². The van der Waals surface area contributed by atoms with Crippen LogP contribution in [0.25, 0.3) is 0 Å². The maximum atomic E-state index is 13.3. The van der Waals surface area contributed by atoms with Crippen molar-refractivity contribution in [2.45, 2.75) is 33.7 Å². The zero-order valence-corrected chi connectivity index (χ0v) is 20.4. The quantitative estimate of drug-likeness (QED) is 0.636. The molecule has 0 aliphatic carbocycles. The molecular weight excluding hydrogens is 426 g/mol. The van der Waals surface area contributed by atoms with E-state index in [1.54, 1.807) is 36.1 Å². The zero-order valence-electron chi connectivity index (χ0n) is 19.5. The van der Waals surface area contributed by atoms with Crippen LogP contribution in [-0.2, 0) is 14.8 Å². The summed E-state index contributed by atoms with van der Waals surface area (Å²) in [6.07, 6.45) is 1.13. The van der Waals surface area contributed by atoms with Gasteiger partial charge in [0, 0.05) is 31.9 Å². The van der Waals surface area contributed by atoms with E-state index in [0.717, 1.165) is 6.26 Å². The Morgan fingerprint density at radius 2 is 1.69 bits per heavy atom. The van der Waals surface area contributed by atoms with Crippen LogP contribution in [0.1, 0.15) is 25.0 Å². The van der Waals surface area contributed by atoms with E-state index in [4.69, 9.17) is 4.74 Å². The SMILES string of the molecule is CCOc1ccc(N([C@H](C)C(=O)N2CCN(c3cccc(C)c3C)CC2)S(C)(=O)=O)cc1. The summed E-state index contributed by atoms with van der Waals surface area (Å²) >= 11 is 0. The summed E-state index contributed by atoms with van der Waals surface area (Å²) in [6, 6.07) is 12.2. The Morgan fingerprint density at radius 1 is 1.06 bits per heavy atom. The smallest absolute Gasteiger partial charge is 0.246 e. The van der Waals surface area contributed by atoms with Gasteiger partial charge in [-0.25, -0.2) is 8.42 Å². The predicted octanol–water partition coefficient (Wildman–Crippen LogP) is 3.21. The fourth-order valence-corrected chi connectivity index (χ4v) is 5.34. The van der Waals surface area contributed by atoms with Crippen molar-refractivity contribution in [3.05, 3.63) is 53.6 Å². The van der Waals surface area contributed by atoms with Crippen molar-refractivity contribution in [1.82, 2.24) is 4.90 Å². The van der Waals surface area contributed by atoms with Gasteiger partial charge in [-0.1, -0.05) is 12.1 Å². The average Bonchev–Trinajstić information content (AvgIpc) is 2.76. The molecule has 0 saturated carbocycles. The molecule has 0 bridgehead atoms. The highest BCUT2D eigenvalue weighted by Gasteiger charge is 2.33. The lowest BCUT2D eigenvalue weighted by Gasteiger charge is -2.39. The fraction of sp³-hybridized carbons (Fsp3) is 0.458. The molecule has 1 fully saturated rings. The van der Waals surface area contributed by atoms with E-state index in [-0.39, 0.29) is 5.91 Å². The number of carbonyl (C=O) groups excluding carboxylic acids is 1. The molecule has 2 aromatic rings. The minimum absolute atomic E-state index is 0.190. The van der Waals surface area contributed by atoms with E-state index in [2.05, 4.69) is 36.9 Å². The molecule has 0 N–H and O–H groups in total. The highest BCUT2D eigenvalue weighted by molar-refractivity contribution is 7.92. The number of benzene rings is 2. The largest absolute Gasteiger partial charge is 0.494 e. The van der Waals surface area contributed by atoms with E-state index in [1.165, 1.54) is 21.1 Å². The summed E-state index contributed by atoms with van der Waals surface area (Å²) in [7, 11) is -3.66. The summed E-state index contributed by atoms with van der Waals surface area (Å²) in [4.78, 5) is 17.3. The Hall–Kier alpha value is -2.74. The van der Waals surface area contributed by atoms with Gasteiger partial charge in [0.2, 0.25) is 15.9 Å². The van der Waals surface area contributed by atoms with Gasteiger partial charge in [-0.3, -0.25) is 9.10 Å². The van der Waals surface area contributed by atoms with Crippen molar-refractivity contribution in [2.75, 3.05) is 48.2 Å². The van der Waals surface area contributed by atoms with Crippen LogP contribution in [0, 0.1) is 13.8 Å². The number of amides is 1. The van der Waals surface area contributed by atoms with E-state index in [0.29, 0.717) is 44.2 Å². The zero-order chi connectivity index (χ0) is 23.5. The van der Waals surface area contributed by atoms with Crippen LogP contribution < -0.4 is 13.9 Å². The van der Waals surface area contributed by atoms with Crippen LogP contribution in [0.4, 0.5) is 11.4 Å². The van der Waals surface area contributed by atoms with Crippen molar-refractivity contribution < 1.29 is 17.9 Å². The van der Waals surface area contributed by atoms with Crippen molar-refractivity contribution in [2.24, 2.45) is 0 Å². The lowest BCUT2D eigenvalue weighted by Crippen LogP contribution is -2.55. The number of anilines is 2. The molecular formula is C24H33N3O4S. The van der Waals surface area contributed by atoms with Crippen LogP contribution in [0.5, 0.6) is 5.75 Å². The molecule has 8 heteroatoms. The van der Waals surface area contributed by atoms with Crippen molar-refractivity contribution in [3.63, 3.8) is 0 Å². The third kappa shape index (κ3) is 5.18. The van der Waals surface area contributed by atoms with Gasteiger partial charge in [-0.05, 0) is 69.2 Å². The third-order valence-electron chi connectivity index (χ3n) is 5.98. The molecule has 1 aliphatic rings. The molecule has 0 aromatic heterocycles. The topological polar surface area (TPSA) is 70.2 Å². The van der Waals surface area contributed by atoms with Gasteiger partial charge in [0.1, 0.15) is 11.8 Å². The number of ether oxygens (including phenoxy) is 1. The van der Waals surface area contributed by atoms with Crippen molar-refractivity contribution >= 4 is 27.3 Å². The van der Waals surface area contributed by atoms with E-state index >= 15 is 0 Å². The molecule has 3 rings (SSSR count). The molecule has 7 nitrogen and oxygen atoms in total. The normalized spacial score (nSPS) is 15.4. The third-order valence-corrected chi connectivity index (χ3v) is 7.22. The summed E-state index contributed by atoms with van der Waals surface area (Å²) in [5.41, 5.74) is 4.14. The molecule has 1 saturated heterocycles. The van der Waals surface area contributed by atoms with Crippen LogP contribution in [0.3, 0.4) is 0 Å². The first-order valence-corrected chi connectivity index (χ1v) is 12.8. The second kappa shape index (κ2) is 9.81. The first-order valence-electron chi connectivity index (χ1n) is 11.0. The Bertz CT molecular complexity index is 1050. The molecule has 2 aromatic carbocycles. The first-order chi connectivity index (χ1) is 15.1. The molecule has 0 radical (unpaired) electrons. The number of hydrogen-bond donors (Lipinski definition) is 0. The van der Waals surface area contributed by atoms with Gasteiger partial charge in [0.05, 0.1) is 18.6 Å². The summed E-state index contributed by atoms with van der Waals surface area (Å²) < 4.78 is 31.8. The van der Waals surface area contributed by atoms with Crippen LogP contribution in [-0.4, -0.2) is 64.3 Å². The van der Waals surface area contributed by atoms with E-state index in [9.17, 15) is 13.2 Å². The maximum absolute atomic E-state index is 13.3. The van der Waals surface area contributed by atoms with Crippen LogP contribution in [0.15, 0.2) is 42.5 Å². The maximum Gasteiger partial charge on any atom is 0.246 e. The number of carbonyl (C=O) groups is 1. The second-order valence-corrected chi connectivity index (χ2v) is 10.1. The minimum atomic E-state index is -3.66.